The molecule has 1 aromatic heterocycles. The van der Waals surface area contributed by atoms with Crippen molar-refractivity contribution < 1.29 is 9.59 Å². The minimum absolute atomic E-state index is 0.0892. The fraction of sp³-hybridized carbons (Fsp3) is 0.200. The minimum Gasteiger partial charge on any atom is -0.365 e. The zero-order chi connectivity index (χ0) is 21.4. The van der Waals surface area contributed by atoms with Gasteiger partial charge in [-0.05, 0) is 41.6 Å². The molecule has 1 N–H and O–H groups in total. The van der Waals surface area contributed by atoms with Crippen LogP contribution in [0.3, 0.4) is 0 Å². The monoisotopic (exact) mass is 429 g/mol. The van der Waals surface area contributed by atoms with Gasteiger partial charge in [-0.1, -0.05) is 36.9 Å². The third-order valence-electron chi connectivity index (χ3n) is 5.93. The number of anilines is 2. The van der Waals surface area contributed by atoms with E-state index in [-0.39, 0.29) is 18.2 Å². The number of carbonyl (C=O) groups excluding carboxylic acids is 2. The highest BCUT2D eigenvalue weighted by molar-refractivity contribution is 7.10. The van der Waals surface area contributed by atoms with Crippen LogP contribution >= 0.6 is 11.3 Å². The molecule has 2 aromatic carbocycles. The summed E-state index contributed by atoms with van der Waals surface area (Å²) < 4.78 is 0. The Bertz CT molecular complexity index is 1150. The van der Waals surface area contributed by atoms with E-state index >= 15 is 0 Å². The Balaban J connectivity index is 1.25. The SMILES string of the molecule is C=C1c2ccccc2C(=O)N1CCC(=O)Nc1ccccc1N1CCc2sccc2C1. The summed E-state index contributed by atoms with van der Waals surface area (Å²) in [7, 11) is 0. The third kappa shape index (κ3) is 3.64. The molecular weight excluding hydrogens is 406 g/mol. The summed E-state index contributed by atoms with van der Waals surface area (Å²) in [5, 5.41) is 5.20. The summed E-state index contributed by atoms with van der Waals surface area (Å²) in [5.41, 5.74) is 5.35. The zero-order valence-corrected chi connectivity index (χ0v) is 18.0. The average molecular weight is 430 g/mol. The first kappa shape index (κ1) is 19.6. The maximum absolute atomic E-state index is 12.8. The second-order valence-corrected chi connectivity index (χ2v) is 8.81. The van der Waals surface area contributed by atoms with Crippen LogP contribution in [0.4, 0.5) is 11.4 Å². The number of amides is 2. The molecule has 5 nitrogen and oxygen atoms in total. The minimum atomic E-state index is -0.114. The Labute approximate surface area is 185 Å². The molecule has 31 heavy (non-hydrogen) atoms. The first-order valence-corrected chi connectivity index (χ1v) is 11.3. The van der Waals surface area contributed by atoms with Crippen molar-refractivity contribution in [1.29, 1.82) is 0 Å². The molecule has 2 amide bonds. The summed E-state index contributed by atoms with van der Waals surface area (Å²) in [5.74, 6) is -0.203. The van der Waals surface area contributed by atoms with Gasteiger partial charge in [0.25, 0.3) is 5.91 Å². The van der Waals surface area contributed by atoms with Gasteiger partial charge in [-0.3, -0.25) is 9.59 Å². The van der Waals surface area contributed by atoms with Crippen LogP contribution in [0, 0.1) is 0 Å². The topological polar surface area (TPSA) is 52.7 Å². The predicted molar refractivity (Wildman–Crippen MR) is 125 cm³/mol. The van der Waals surface area contributed by atoms with Crippen LogP contribution in [0.25, 0.3) is 5.70 Å². The first-order valence-electron chi connectivity index (χ1n) is 10.4. The average Bonchev–Trinajstić information content (AvgIpc) is 3.35. The Morgan fingerprint density at radius 1 is 1.06 bits per heavy atom. The molecule has 0 saturated carbocycles. The third-order valence-corrected chi connectivity index (χ3v) is 6.95. The number of carbonyl (C=O) groups is 2. The number of rotatable bonds is 5. The van der Waals surface area contributed by atoms with E-state index in [4.69, 9.17) is 0 Å². The van der Waals surface area contributed by atoms with Crippen LogP contribution in [0.2, 0.25) is 0 Å². The second-order valence-electron chi connectivity index (χ2n) is 7.80. The van der Waals surface area contributed by atoms with Crippen LogP contribution in [0.15, 0.2) is 66.6 Å². The number of hydrogen-bond donors (Lipinski definition) is 1. The van der Waals surface area contributed by atoms with Crippen LogP contribution in [-0.2, 0) is 17.8 Å². The molecular formula is C25H23N3O2S. The standard InChI is InChI=1S/C25H23N3O2S/c1-17-19-6-2-3-7-20(19)25(30)28(17)14-11-24(29)26-21-8-4-5-9-22(21)27-13-10-23-18(16-27)12-15-31-23/h2-9,12,15H,1,10-11,13-14,16H2,(H,26,29). The fourth-order valence-corrected chi connectivity index (χ4v) is 5.20. The van der Waals surface area contributed by atoms with Crippen molar-refractivity contribution in [1.82, 2.24) is 4.90 Å². The maximum atomic E-state index is 12.8. The van der Waals surface area contributed by atoms with E-state index in [0.29, 0.717) is 17.8 Å². The maximum Gasteiger partial charge on any atom is 0.258 e. The van der Waals surface area contributed by atoms with Gasteiger partial charge in [0.2, 0.25) is 5.91 Å². The van der Waals surface area contributed by atoms with E-state index in [9.17, 15) is 9.59 Å². The molecule has 0 saturated heterocycles. The summed E-state index contributed by atoms with van der Waals surface area (Å²) in [6, 6.07) is 17.5. The fourth-order valence-electron chi connectivity index (χ4n) is 4.31. The molecule has 0 atom stereocenters. The lowest BCUT2D eigenvalue weighted by Crippen LogP contribution is -2.31. The van der Waals surface area contributed by atoms with Gasteiger partial charge in [0.1, 0.15) is 0 Å². The summed E-state index contributed by atoms with van der Waals surface area (Å²) in [6.07, 6.45) is 1.23. The van der Waals surface area contributed by atoms with Crippen molar-refractivity contribution in [3.8, 4) is 0 Å². The van der Waals surface area contributed by atoms with E-state index in [1.165, 1.54) is 10.4 Å². The largest absolute Gasteiger partial charge is 0.365 e. The first-order chi connectivity index (χ1) is 15.1. The number of nitrogens with one attached hydrogen (secondary N) is 1. The van der Waals surface area contributed by atoms with E-state index in [0.717, 1.165) is 36.4 Å². The highest BCUT2D eigenvalue weighted by Gasteiger charge is 2.30. The van der Waals surface area contributed by atoms with Gasteiger partial charge in [0.15, 0.2) is 0 Å². The molecule has 0 fully saturated rings. The van der Waals surface area contributed by atoms with E-state index in [2.05, 4.69) is 34.3 Å². The van der Waals surface area contributed by atoms with E-state index < -0.39 is 0 Å². The van der Waals surface area contributed by atoms with Crippen molar-refractivity contribution >= 4 is 40.2 Å². The van der Waals surface area contributed by atoms with Crippen LogP contribution < -0.4 is 10.2 Å². The van der Waals surface area contributed by atoms with Gasteiger partial charge in [0.05, 0.1) is 11.4 Å². The number of para-hydroxylation sites is 2. The van der Waals surface area contributed by atoms with Gasteiger partial charge in [0, 0.05) is 47.8 Å². The smallest absolute Gasteiger partial charge is 0.258 e. The molecule has 3 aromatic rings. The van der Waals surface area contributed by atoms with E-state index in [1.807, 2.05) is 47.7 Å². The Morgan fingerprint density at radius 3 is 2.68 bits per heavy atom. The highest BCUT2D eigenvalue weighted by atomic mass is 32.1. The number of fused-ring (bicyclic) bond motifs is 2. The number of hydrogen-bond acceptors (Lipinski definition) is 4. The molecule has 0 unspecified atom stereocenters. The van der Waals surface area contributed by atoms with Crippen molar-refractivity contribution in [2.45, 2.75) is 19.4 Å². The molecule has 0 radical (unpaired) electrons. The van der Waals surface area contributed by atoms with Gasteiger partial charge < -0.3 is 15.1 Å². The van der Waals surface area contributed by atoms with Crippen molar-refractivity contribution in [2.75, 3.05) is 23.3 Å². The summed E-state index contributed by atoms with van der Waals surface area (Å²) in [4.78, 5) is 30.8. The molecule has 5 rings (SSSR count). The molecule has 0 spiro atoms. The number of benzene rings is 2. The second kappa shape index (κ2) is 8.04. The van der Waals surface area contributed by atoms with Crippen LogP contribution in [-0.4, -0.2) is 29.8 Å². The molecule has 2 aliphatic heterocycles. The Hall–Kier alpha value is -3.38. The molecule has 156 valence electrons. The van der Waals surface area contributed by atoms with Crippen molar-refractivity contribution in [2.24, 2.45) is 0 Å². The quantitative estimate of drug-likeness (QED) is 0.636. The van der Waals surface area contributed by atoms with Crippen LogP contribution in [0.5, 0.6) is 0 Å². The highest BCUT2D eigenvalue weighted by Crippen LogP contribution is 2.33. The normalized spacial score (nSPS) is 15.1. The lowest BCUT2D eigenvalue weighted by molar-refractivity contribution is -0.116. The van der Waals surface area contributed by atoms with Gasteiger partial charge in [-0.2, -0.15) is 0 Å². The molecule has 3 heterocycles. The summed E-state index contributed by atoms with van der Waals surface area (Å²) in [6.45, 7) is 6.14. The van der Waals surface area contributed by atoms with Crippen molar-refractivity contribution in [3.05, 3.63) is 88.1 Å². The Kier molecular flexibility index (Phi) is 5.08. The predicted octanol–water partition coefficient (Wildman–Crippen LogP) is 4.77. The number of nitrogens with zero attached hydrogens (tertiary/aromatic N) is 2. The molecule has 6 heteroatoms. The van der Waals surface area contributed by atoms with Crippen LogP contribution in [0.1, 0.15) is 32.8 Å². The lowest BCUT2D eigenvalue weighted by atomic mass is 10.1. The lowest BCUT2D eigenvalue weighted by Gasteiger charge is -2.30. The van der Waals surface area contributed by atoms with Gasteiger partial charge in [-0.25, -0.2) is 0 Å². The summed E-state index contributed by atoms with van der Waals surface area (Å²) >= 11 is 1.82. The van der Waals surface area contributed by atoms with Crippen molar-refractivity contribution in [3.63, 3.8) is 0 Å². The van der Waals surface area contributed by atoms with Gasteiger partial charge in [-0.15, -0.1) is 11.3 Å². The van der Waals surface area contributed by atoms with Gasteiger partial charge >= 0.3 is 0 Å². The molecule has 2 aliphatic rings. The molecule has 0 aliphatic carbocycles. The molecule has 0 bridgehead atoms. The van der Waals surface area contributed by atoms with E-state index in [1.54, 1.807) is 11.0 Å². The zero-order valence-electron chi connectivity index (χ0n) is 17.1. The Morgan fingerprint density at radius 2 is 1.84 bits per heavy atom. The number of thiophene rings is 1.